The summed E-state index contributed by atoms with van der Waals surface area (Å²) in [4.78, 5) is 0.433. The molecule has 1 aromatic carbocycles. The number of hydrogen-bond acceptors (Lipinski definition) is 3. The minimum atomic E-state index is -3.20. The van der Waals surface area contributed by atoms with E-state index < -0.39 is 9.84 Å². The molecule has 4 heteroatoms. The van der Waals surface area contributed by atoms with E-state index in [1.807, 2.05) is 39.2 Å². The molecule has 1 rings (SSSR count). The minimum Gasteiger partial charge on any atom is -0.223 e. The molecular formula is C13H20O2S2. The molecule has 0 heterocycles. The second kappa shape index (κ2) is 5.91. The molecule has 0 radical (unpaired) electrons. The Labute approximate surface area is 109 Å². The van der Waals surface area contributed by atoms with Crippen LogP contribution in [0.4, 0.5) is 0 Å². The molecule has 2 nitrogen and oxygen atoms in total. The van der Waals surface area contributed by atoms with Crippen LogP contribution in [0.2, 0.25) is 0 Å². The molecule has 0 aromatic heterocycles. The molecule has 0 saturated carbocycles. The van der Waals surface area contributed by atoms with E-state index in [0.717, 1.165) is 5.56 Å². The van der Waals surface area contributed by atoms with E-state index in [0.29, 0.717) is 17.2 Å². The first-order valence-corrected chi connectivity index (χ1v) is 8.54. The zero-order valence-electron chi connectivity index (χ0n) is 10.8. The first kappa shape index (κ1) is 14.6. The van der Waals surface area contributed by atoms with E-state index in [9.17, 15) is 8.42 Å². The predicted octanol–water partition coefficient (Wildman–Crippen LogP) is 3.50. The normalized spacial score (nSPS) is 13.9. The highest BCUT2D eigenvalue weighted by molar-refractivity contribution is 8.13. The maximum absolute atomic E-state index is 12.4. The SMILES string of the molecule is CSC(CC(C)C)S(=O)(=O)c1ccc(C)cc1. The third-order valence-electron chi connectivity index (χ3n) is 2.62. The van der Waals surface area contributed by atoms with Crippen molar-refractivity contribution in [1.82, 2.24) is 0 Å². The maximum Gasteiger partial charge on any atom is 0.190 e. The number of sulfone groups is 1. The lowest BCUT2D eigenvalue weighted by Gasteiger charge is -2.17. The second-order valence-corrected chi connectivity index (χ2v) is 8.12. The summed E-state index contributed by atoms with van der Waals surface area (Å²) in [6, 6.07) is 7.10. The average Bonchev–Trinajstić information content (AvgIpc) is 2.26. The molecule has 0 N–H and O–H groups in total. The fraction of sp³-hybridized carbons (Fsp3) is 0.538. The highest BCUT2D eigenvalue weighted by atomic mass is 32.3. The molecule has 1 aromatic rings. The van der Waals surface area contributed by atoms with Crippen LogP contribution in [0, 0.1) is 12.8 Å². The Hall–Kier alpha value is -0.480. The van der Waals surface area contributed by atoms with E-state index in [-0.39, 0.29) is 4.58 Å². The molecule has 0 bridgehead atoms. The van der Waals surface area contributed by atoms with Crippen molar-refractivity contribution in [3.63, 3.8) is 0 Å². The van der Waals surface area contributed by atoms with Crippen molar-refractivity contribution < 1.29 is 8.42 Å². The molecule has 0 aliphatic heterocycles. The van der Waals surface area contributed by atoms with Crippen molar-refractivity contribution in [2.75, 3.05) is 6.26 Å². The van der Waals surface area contributed by atoms with Gasteiger partial charge in [0.25, 0.3) is 0 Å². The van der Waals surface area contributed by atoms with Gasteiger partial charge in [-0.3, -0.25) is 0 Å². The van der Waals surface area contributed by atoms with Gasteiger partial charge in [0.2, 0.25) is 0 Å². The van der Waals surface area contributed by atoms with Crippen LogP contribution in [0.1, 0.15) is 25.8 Å². The zero-order chi connectivity index (χ0) is 13.1. The van der Waals surface area contributed by atoms with Crippen LogP contribution in [0.5, 0.6) is 0 Å². The molecule has 0 aliphatic rings. The molecular weight excluding hydrogens is 252 g/mol. The molecule has 0 fully saturated rings. The van der Waals surface area contributed by atoms with Gasteiger partial charge in [0.15, 0.2) is 9.84 Å². The van der Waals surface area contributed by atoms with Gasteiger partial charge in [0.1, 0.15) is 4.58 Å². The minimum absolute atomic E-state index is 0.342. The standard InChI is InChI=1S/C13H20O2S2/c1-10(2)9-13(16-4)17(14,15)12-7-5-11(3)6-8-12/h5-8,10,13H,9H2,1-4H3. The van der Waals surface area contributed by atoms with Gasteiger partial charge in [-0.15, -0.1) is 11.8 Å². The van der Waals surface area contributed by atoms with Crippen molar-refractivity contribution in [3.8, 4) is 0 Å². The molecule has 0 aliphatic carbocycles. The number of hydrogen-bond donors (Lipinski definition) is 0. The fourth-order valence-corrected chi connectivity index (χ4v) is 5.00. The first-order chi connectivity index (χ1) is 7.87. The Morgan fingerprint density at radius 3 is 2.12 bits per heavy atom. The lowest BCUT2D eigenvalue weighted by atomic mass is 10.2. The highest BCUT2D eigenvalue weighted by Gasteiger charge is 2.27. The highest BCUT2D eigenvalue weighted by Crippen LogP contribution is 2.28. The molecule has 17 heavy (non-hydrogen) atoms. The third-order valence-corrected chi connectivity index (χ3v) is 6.49. The van der Waals surface area contributed by atoms with Crippen molar-refractivity contribution in [3.05, 3.63) is 29.8 Å². The van der Waals surface area contributed by atoms with Gasteiger partial charge in [-0.2, -0.15) is 0 Å². The van der Waals surface area contributed by atoms with Crippen LogP contribution in [0.25, 0.3) is 0 Å². The van der Waals surface area contributed by atoms with Crippen LogP contribution >= 0.6 is 11.8 Å². The van der Waals surface area contributed by atoms with Gasteiger partial charge in [0.05, 0.1) is 4.90 Å². The van der Waals surface area contributed by atoms with Crippen molar-refractivity contribution >= 4 is 21.6 Å². The number of rotatable bonds is 5. The monoisotopic (exact) mass is 272 g/mol. The molecule has 0 spiro atoms. The predicted molar refractivity (Wildman–Crippen MR) is 75.1 cm³/mol. The topological polar surface area (TPSA) is 34.1 Å². The smallest absolute Gasteiger partial charge is 0.190 e. The van der Waals surface area contributed by atoms with Gasteiger partial charge < -0.3 is 0 Å². The van der Waals surface area contributed by atoms with E-state index >= 15 is 0 Å². The van der Waals surface area contributed by atoms with Gasteiger partial charge in [-0.25, -0.2) is 8.42 Å². The van der Waals surface area contributed by atoms with Crippen LogP contribution < -0.4 is 0 Å². The summed E-state index contributed by atoms with van der Waals surface area (Å²) in [5.74, 6) is 0.382. The van der Waals surface area contributed by atoms with Crippen LogP contribution in [-0.2, 0) is 9.84 Å². The maximum atomic E-state index is 12.4. The Kier molecular flexibility index (Phi) is 5.07. The van der Waals surface area contributed by atoms with Crippen LogP contribution in [0.15, 0.2) is 29.2 Å². The van der Waals surface area contributed by atoms with Gasteiger partial charge in [-0.05, 0) is 37.7 Å². The van der Waals surface area contributed by atoms with Gasteiger partial charge in [0, 0.05) is 0 Å². The van der Waals surface area contributed by atoms with Crippen LogP contribution in [0.3, 0.4) is 0 Å². The third kappa shape index (κ3) is 3.75. The van der Waals surface area contributed by atoms with Crippen molar-refractivity contribution in [1.29, 1.82) is 0 Å². The number of benzene rings is 1. The fourth-order valence-electron chi connectivity index (χ4n) is 1.61. The molecule has 1 atom stereocenters. The Balaban J connectivity index is 3.04. The largest absolute Gasteiger partial charge is 0.223 e. The molecule has 1 unspecified atom stereocenters. The van der Waals surface area contributed by atoms with E-state index in [1.54, 1.807) is 12.1 Å². The molecule has 0 amide bonds. The summed E-state index contributed by atoms with van der Waals surface area (Å²) in [7, 11) is -3.20. The first-order valence-electron chi connectivity index (χ1n) is 5.71. The van der Waals surface area contributed by atoms with E-state index in [4.69, 9.17) is 0 Å². The summed E-state index contributed by atoms with van der Waals surface area (Å²) >= 11 is 1.42. The van der Waals surface area contributed by atoms with Gasteiger partial charge in [-0.1, -0.05) is 31.5 Å². The average molecular weight is 272 g/mol. The van der Waals surface area contributed by atoms with E-state index in [1.165, 1.54) is 11.8 Å². The molecule has 96 valence electrons. The summed E-state index contributed by atoms with van der Waals surface area (Å²) in [5, 5.41) is 0. The summed E-state index contributed by atoms with van der Waals surface area (Å²) in [6.45, 7) is 6.05. The Bertz CT molecular complexity index is 447. The zero-order valence-corrected chi connectivity index (χ0v) is 12.4. The number of thioether (sulfide) groups is 1. The second-order valence-electron chi connectivity index (χ2n) is 4.65. The van der Waals surface area contributed by atoms with Crippen molar-refractivity contribution in [2.45, 2.75) is 36.7 Å². The Morgan fingerprint density at radius 1 is 1.18 bits per heavy atom. The number of aryl methyl sites for hydroxylation is 1. The molecule has 0 saturated heterocycles. The van der Waals surface area contributed by atoms with Crippen molar-refractivity contribution in [2.24, 2.45) is 5.92 Å². The van der Waals surface area contributed by atoms with Crippen LogP contribution in [-0.4, -0.2) is 19.3 Å². The van der Waals surface area contributed by atoms with Gasteiger partial charge >= 0.3 is 0 Å². The summed E-state index contributed by atoms with van der Waals surface area (Å²) < 4.78 is 24.4. The lowest BCUT2D eigenvalue weighted by Crippen LogP contribution is -2.19. The van der Waals surface area contributed by atoms with E-state index in [2.05, 4.69) is 0 Å². The lowest BCUT2D eigenvalue weighted by molar-refractivity contribution is 0.565. The Morgan fingerprint density at radius 2 is 1.71 bits per heavy atom. The quantitative estimate of drug-likeness (QED) is 0.822. The summed E-state index contributed by atoms with van der Waals surface area (Å²) in [5.41, 5.74) is 1.08. The summed E-state index contributed by atoms with van der Waals surface area (Å²) in [6.07, 6.45) is 2.55.